The number of carbonyl (C=O) groups excluding carboxylic acids is 1. The zero-order valence-electron chi connectivity index (χ0n) is 13.3. The first-order valence-corrected chi connectivity index (χ1v) is 8.13. The van der Waals surface area contributed by atoms with Crippen LogP contribution in [-0.4, -0.2) is 47.4 Å². The van der Waals surface area contributed by atoms with Gasteiger partial charge in [-0.3, -0.25) is 9.69 Å². The molecular weight excluding hydrogens is 236 g/mol. The smallest absolute Gasteiger partial charge is 0.222 e. The largest absolute Gasteiger partial charge is 0.335 e. The van der Waals surface area contributed by atoms with Crippen molar-refractivity contribution in [3.05, 3.63) is 0 Å². The molecule has 3 nitrogen and oxygen atoms in total. The fourth-order valence-corrected chi connectivity index (χ4v) is 3.23. The van der Waals surface area contributed by atoms with Crippen LogP contribution < -0.4 is 0 Å². The first kappa shape index (κ1) is 16.5. The molecule has 2 atom stereocenters. The van der Waals surface area contributed by atoms with E-state index in [1.54, 1.807) is 0 Å². The minimum absolute atomic E-state index is 0.308. The zero-order valence-corrected chi connectivity index (χ0v) is 13.3. The fourth-order valence-electron chi connectivity index (χ4n) is 3.23. The van der Waals surface area contributed by atoms with Gasteiger partial charge in [-0.25, -0.2) is 0 Å². The van der Waals surface area contributed by atoms with E-state index >= 15 is 0 Å². The van der Waals surface area contributed by atoms with Gasteiger partial charge < -0.3 is 4.90 Å². The number of piperazine rings is 1. The van der Waals surface area contributed by atoms with E-state index in [-0.39, 0.29) is 0 Å². The molecule has 0 aromatic heterocycles. The maximum atomic E-state index is 11.9. The molecule has 1 aliphatic rings. The lowest BCUT2D eigenvalue weighted by Gasteiger charge is -2.44. The highest BCUT2D eigenvalue weighted by Crippen LogP contribution is 2.17. The van der Waals surface area contributed by atoms with E-state index in [1.807, 2.05) is 6.92 Å². The lowest BCUT2D eigenvalue weighted by Crippen LogP contribution is -2.58. The monoisotopic (exact) mass is 268 g/mol. The van der Waals surface area contributed by atoms with Crippen molar-refractivity contribution in [2.75, 3.05) is 19.6 Å². The molecule has 1 rings (SSSR count). The van der Waals surface area contributed by atoms with E-state index in [2.05, 4.69) is 30.6 Å². The van der Waals surface area contributed by atoms with Gasteiger partial charge in [0, 0.05) is 31.6 Å². The SMILES string of the molecule is CCCCCCCN1CC(C)N(C(=O)CC)C(C)C1. The van der Waals surface area contributed by atoms with Gasteiger partial charge in [-0.15, -0.1) is 0 Å². The summed E-state index contributed by atoms with van der Waals surface area (Å²) in [6.45, 7) is 11.9. The van der Waals surface area contributed by atoms with Crippen LogP contribution in [0, 0.1) is 0 Å². The Bertz CT molecular complexity index is 255. The van der Waals surface area contributed by atoms with Crippen LogP contribution in [0.3, 0.4) is 0 Å². The summed E-state index contributed by atoms with van der Waals surface area (Å²) in [4.78, 5) is 16.6. The quantitative estimate of drug-likeness (QED) is 0.662. The van der Waals surface area contributed by atoms with Gasteiger partial charge in [0.15, 0.2) is 0 Å². The number of amides is 1. The molecule has 3 heteroatoms. The Hall–Kier alpha value is -0.570. The molecule has 2 unspecified atom stereocenters. The van der Waals surface area contributed by atoms with Crippen LogP contribution in [0.4, 0.5) is 0 Å². The van der Waals surface area contributed by atoms with Crippen LogP contribution in [0.2, 0.25) is 0 Å². The highest BCUT2D eigenvalue weighted by Gasteiger charge is 2.31. The summed E-state index contributed by atoms with van der Waals surface area (Å²) in [5, 5.41) is 0. The molecule has 0 aliphatic carbocycles. The van der Waals surface area contributed by atoms with Crippen LogP contribution in [0.5, 0.6) is 0 Å². The normalized spacial score (nSPS) is 24.7. The highest BCUT2D eigenvalue weighted by molar-refractivity contribution is 5.76. The summed E-state index contributed by atoms with van der Waals surface area (Å²) >= 11 is 0. The predicted octanol–water partition coefficient (Wildman–Crippen LogP) is 3.29. The molecule has 1 aliphatic heterocycles. The van der Waals surface area contributed by atoms with Gasteiger partial charge >= 0.3 is 0 Å². The number of carbonyl (C=O) groups is 1. The Labute approximate surface area is 119 Å². The minimum Gasteiger partial charge on any atom is -0.335 e. The van der Waals surface area contributed by atoms with Gasteiger partial charge in [0.25, 0.3) is 0 Å². The molecule has 0 spiro atoms. The summed E-state index contributed by atoms with van der Waals surface area (Å²) < 4.78 is 0. The molecule has 0 aromatic carbocycles. The fraction of sp³-hybridized carbons (Fsp3) is 0.938. The first-order valence-electron chi connectivity index (χ1n) is 8.13. The maximum absolute atomic E-state index is 11.9. The Morgan fingerprint density at radius 1 is 1.00 bits per heavy atom. The average Bonchev–Trinajstić information content (AvgIpc) is 2.37. The standard InChI is InChI=1S/C16H32N2O/c1-5-7-8-9-10-11-17-12-14(3)18(15(4)13-17)16(19)6-2/h14-15H,5-13H2,1-4H3. The molecule has 0 aromatic rings. The highest BCUT2D eigenvalue weighted by atomic mass is 16.2. The van der Waals surface area contributed by atoms with Crippen LogP contribution >= 0.6 is 0 Å². The molecule has 0 saturated carbocycles. The average molecular weight is 268 g/mol. The minimum atomic E-state index is 0.308. The Morgan fingerprint density at radius 3 is 2.11 bits per heavy atom. The van der Waals surface area contributed by atoms with Crippen LogP contribution in [-0.2, 0) is 4.79 Å². The number of rotatable bonds is 7. The lowest BCUT2D eigenvalue weighted by atomic mass is 10.1. The summed E-state index contributed by atoms with van der Waals surface area (Å²) in [5.41, 5.74) is 0. The summed E-state index contributed by atoms with van der Waals surface area (Å²) in [7, 11) is 0. The second kappa shape index (κ2) is 8.57. The van der Waals surface area contributed by atoms with Crippen LogP contribution in [0.15, 0.2) is 0 Å². The van der Waals surface area contributed by atoms with E-state index in [0.717, 1.165) is 13.1 Å². The van der Waals surface area contributed by atoms with Crippen molar-refractivity contribution in [3.63, 3.8) is 0 Å². The van der Waals surface area contributed by atoms with Gasteiger partial charge in [0.1, 0.15) is 0 Å². The second-order valence-corrected chi connectivity index (χ2v) is 6.03. The third-order valence-electron chi connectivity index (χ3n) is 4.16. The third kappa shape index (κ3) is 5.13. The van der Waals surface area contributed by atoms with E-state index in [4.69, 9.17) is 0 Å². The molecule has 1 heterocycles. The molecule has 1 saturated heterocycles. The van der Waals surface area contributed by atoms with Gasteiger partial charge in [0.05, 0.1) is 0 Å². The van der Waals surface area contributed by atoms with Crippen molar-refractivity contribution in [2.45, 2.75) is 78.3 Å². The van der Waals surface area contributed by atoms with Gasteiger partial charge in [0.2, 0.25) is 5.91 Å². The lowest BCUT2D eigenvalue weighted by molar-refractivity contribution is -0.138. The number of unbranched alkanes of at least 4 members (excludes halogenated alkanes) is 4. The number of hydrogen-bond acceptors (Lipinski definition) is 2. The van der Waals surface area contributed by atoms with Crippen molar-refractivity contribution < 1.29 is 4.79 Å². The molecule has 19 heavy (non-hydrogen) atoms. The molecule has 0 radical (unpaired) electrons. The zero-order chi connectivity index (χ0) is 14.3. The molecule has 1 fully saturated rings. The van der Waals surface area contributed by atoms with E-state index in [9.17, 15) is 4.79 Å². The molecular formula is C16H32N2O. The van der Waals surface area contributed by atoms with E-state index in [1.165, 1.54) is 38.6 Å². The molecule has 0 bridgehead atoms. The van der Waals surface area contributed by atoms with Crippen molar-refractivity contribution in [2.24, 2.45) is 0 Å². The summed E-state index contributed by atoms with van der Waals surface area (Å²) in [6, 6.07) is 0.735. The third-order valence-corrected chi connectivity index (χ3v) is 4.16. The molecule has 0 N–H and O–H groups in total. The first-order chi connectivity index (χ1) is 9.10. The number of nitrogens with zero attached hydrogens (tertiary/aromatic N) is 2. The van der Waals surface area contributed by atoms with Crippen molar-refractivity contribution in [3.8, 4) is 0 Å². The predicted molar refractivity (Wildman–Crippen MR) is 81.3 cm³/mol. The van der Waals surface area contributed by atoms with Crippen molar-refractivity contribution >= 4 is 5.91 Å². The second-order valence-electron chi connectivity index (χ2n) is 6.03. The van der Waals surface area contributed by atoms with Crippen molar-refractivity contribution in [1.82, 2.24) is 9.80 Å². The Morgan fingerprint density at radius 2 is 1.58 bits per heavy atom. The van der Waals surface area contributed by atoms with Crippen LogP contribution in [0.25, 0.3) is 0 Å². The number of hydrogen-bond donors (Lipinski definition) is 0. The Balaban J connectivity index is 2.32. The Kier molecular flexibility index (Phi) is 7.44. The summed E-state index contributed by atoms with van der Waals surface area (Å²) in [6.07, 6.45) is 7.34. The van der Waals surface area contributed by atoms with E-state index in [0.29, 0.717) is 24.4 Å². The molecule has 1 amide bonds. The van der Waals surface area contributed by atoms with Gasteiger partial charge in [-0.1, -0.05) is 39.5 Å². The maximum Gasteiger partial charge on any atom is 0.222 e. The van der Waals surface area contributed by atoms with Gasteiger partial charge in [-0.05, 0) is 26.8 Å². The van der Waals surface area contributed by atoms with Crippen molar-refractivity contribution in [1.29, 1.82) is 0 Å². The molecule has 112 valence electrons. The van der Waals surface area contributed by atoms with E-state index < -0.39 is 0 Å². The topological polar surface area (TPSA) is 23.6 Å². The van der Waals surface area contributed by atoms with Crippen LogP contribution in [0.1, 0.15) is 66.2 Å². The van der Waals surface area contributed by atoms with Gasteiger partial charge in [-0.2, -0.15) is 0 Å². The summed E-state index contributed by atoms with van der Waals surface area (Å²) in [5.74, 6) is 0.308.